The van der Waals surface area contributed by atoms with Crippen LogP contribution >= 0.6 is 15.9 Å². The number of benzene rings is 1. The summed E-state index contributed by atoms with van der Waals surface area (Å²) in [5.41, 5.74) is 9.40. The van der Waals surface area contributed by atoms with E-state index in [0.29, 0.717) is 6.54 Å². The molecule has 0 radical (unpaired) electrons. The molecule has 1 aromatic carbocycles. The second-order valence-corrected chi connectivity index (χ2v) is 5.99. The van der Waals surface area contributed by atoms with E-state index < -0.39 is 0 Å². The normalized spacial score (nSPS) is 11.7. The van der Waals surface area contributed by atoms with Gasteiger partial charge >= 0.3 is 0 Å². The monoisotopic (exact) mass is 299 g/mol. The van der Waals surface area contributed by atoms with Gasteiger partial charge in [0.15, 0.2) is 0 Å². The van der Waals surface area contributed by atoms with E-state index in [-0.39, 0.29) is 5.41 Å². The molecule has 0 heterocycles. The van der Waals surface area contributed by atoms with Gasteiger partial charge in [0.05, 0.1) is 7.11 Å². The van der Waals surface area contributed by atoms with Gasteiger partial charge in [-0.25, -0.2) is 0 Å². The van der Waals surface area contributed by atoms with Gasteiger partial charge in [0.2, 0.25) is 0 Å². The molecule has 0 aromatic heterocycles. The zero-order valence-corrected chi connectivity index (χ0v) is 12.9. The molecule has 0 saturated heterocycles. The van der Waals surface area contributed by atoms with Gasteiger partial charge in [-0.2, -0.15) is 0 Å². The van der Waals surface area contributed by atoms with E-state index in [4.69, 9.17) is 10.5 Å². The largest absolute Gasteiger partial charge is 0.496 e. The minimum Gasteiger partial charge on any atom is -0.496 e. The maximum absolute atomic E-state index is 5.72. The van der Waals surface area contributed by atoms with Crippen LogP contribution in [0.5, 0.6) is 5.75 Å². The standard InChI is InChI=1S/C14H22BrNO/c1-9-8-11(15)10(2)12(13(9)17-5)14(3,4)6-7-16/h8H,6-7,16H2,1-5H3. The van der Waals surface area contributed by atoms with Crippen molar-refractivity contribution < 1.29 is 4.74 Å². The summed E-state index contributed by atoms with van der Waals surface area (Å²) in [5.74, 6) is 0.990. The number of nitrogens with two attached hydrogens (primary N) is 1. The van der Waals surface area contributed by atoms with Crippen molar-refractivity contribution in [3.8, 4) is 5.75 Å². The predicted molar refractivity (Wildman–Crippen MR) is 76.9 cm³/mol. The van der Waals surface area contributed by atoms with Gasteiger partial charge in [-0.05, 0) is 49.4 Å². The Morgan fingerprint density at radius 2 is 1.94 bits per heavy atom. The molecule has 0 unspecified atom stereocenters. The van der Waals surface area contributed by atoms with Crippen LogP contribution in [0.1, 0.15) is 37.0 Å². The third-order valence-electron chi connectivity index (χ3n) is 3.31. The summed E-state index contributed by atoms with van der Waals surface area (Å²) in [5, 5.41) is 0. The number of hydrogen-bond donors (Lipinski definition) is 1. The number of rotatable bonds is 4. The Bertz CT molecular complexity index is 413. The van der Waals surface area contributed by atoms with Crippen molar-refractivity contribution in [2.24, 2.45) is 5.73 Å². The summed E-state index contributed by atoms with van der Waals surface area (Å²) in [6.45, 7) is 9.32. The molecule has 2 nitrogen and oxygen atoms in total. The highest BCUT2D eigenvalue weighted by molar-refractivity contribution is 9.10. The van der Waals surface area contributed by atoms with E-state index in [1.165, 1.54) is 11.1 Å². The van der Waals surface area contributed by atoms with E-state index in [1.807, 2.05) is 0 Å². The number of halogens is 1. The summed E-state index contributed by atoms with van der Waals surface area (Å²) >= 11 is 3.62. The van der Waals surface area contributed by atoms with Gasteiger partial charge in [-0.3, -0.25) is 0 Å². The first-order chi connectivity index (χ1) is 7.85. The Balaban J connectivity index is 3.49. The van der Waals surface area contributed by atoms with Crippen LogP contribution in [0.25, 0.3) is 0 Å². The summed E-state index contributed by atoms with van der Waals surface area (Å²) in [6.07, 6.45) is 0.945. The molecule has 0 atom stereocenters. The van der Waals surface area contributed by atoms with E-state index >= 15 is 0 Å². The van der Waals surface area contributed by atoms with Gasteiger partial charge in [0, 0.05) is 10.0 Å². The fraction of sp³-hybridized carbons (Fsp3) is 0.571. The second-order valence-electron chi connectivity index (χ2n) is 5.13. The van der Waals surface area contributed by atoms with Crippen LogP contribution in [0.4, 0.5) is 0 Å². The van der Waals surface area contributed by atoms with Crippen LogP contribution < -0.4 is 10.5 Å². The molecular weight excluding hydrogens is 278 g/mol. The molecule has 0 aliphatic heterocycles. The zero-order valence-electron chi connectivity index (χ0n) is 11.4. The lowest BCUT2D eigenvalue weighted by atomic mass is 9.78. The van der Waals surface area contributed by atoms with Crippen molar-refractivity contribution in [2.45, 2.75) is 39.5 Å². The van der Waals surface area contributed by atoms with Gasteiger partial charge in [-0.15, -0.1) is 0 Å². The molecule has 96 valence electrons. The van der Waals surface area contributed by atoms with Gasteiger partial charge in [-0.1, -0.05) is 29.8 Å². The molecular formula is C14H22BrNO. The van der Waals surface area contributed by atoms with Crippen molar-refractivity contribution in [1.29, 1.82) is 0 Å². The third kappa shape index (κ3) is 2.83. The highest BCUT2D eigenvalue weighted by Crippen LogP contribution is 2.41. The fourth-order valence-electron chi connectivity index (χ4n) is 2.41. The van der Waals surface area contributed by atoms with E-state index in [0.717, 1.165) is 22.2 Å². The van der Waals surface area contributed by atoms with E-state index in [1.54, 1.807) is 7.11 Å². The van der Waals surface area contributed by atoms with E-state index in [9.17, 15) is 0 Å². The first kappa shape index (κ1) is 14.5. The SMILES string of the molecule is COc1c(C)cc(Br)c(C)c1C(C)(C)CCN. The quantitative estimate of drug-likeness (QED) is 0.920. The second kappa shape index (κ2) is 5.40. The summed E-state index contributed by atoms with van der Waals surface area (Å²) in [6, 6.07) is 2.11. The molecule has 0 fully saturated rings. The minimum atomic E-state index is 0.0265. The third-order valence-corrected chi connectivity index (χ3v) is 4.14. The van der Waals surface area contributed by atoms with Crippen molar-refractivity contribution >= 4 is 15.9 Å². The maximum Gasteiger partial charge on any atom is 0.125 e. The van der Waals surface area contributed by atoms with Crippen LogP contribution in [0, 0.1) is 13.8 Å². The van der Waals surface area contributed by atoms with Crippen LogP contribution in [-0.4, -0.2) is 13.7 Å². The molecule has 1 aromatic rings. The fourth-order valence-corrected chi connectivity index (χ4v) is 2.96. The lowest BCUT2D eigenvalue weighted by molar-refractivity contribution is 0.382. The number of hydrogen-bond acceptors (Lipinski definition) is 2. The van der Waals surface area contributed by atoms with Crippen molar-refractivity contribution in [3.63, 3.8) is 0 Å². The highest BCUT2D eigenvalue weighted by atomic mass is 79.9. The maximum atomic E-state index is 5.72. The zero-order chi connectivity index (χ0) is 13.2. The number of aryl methyl sites for hydroxylation is 1. The van der Waals surface area contributed by atoms with Crippen LogP contribution in [-0.2, 0) is 5.41 Å². The lowest BCUT2D eigenvalue weighted by Gasteiger charge is -2.30. The van der Waals surface area contributed by atoms with Gasteiger partial charge in [0.1, 0.15) is 5.75 Å². The Morgan fingerprint density at radius 1 is 1.35 bits per heavy atom. The topological polar surface area (TPSA) is 35.2 Å². The van der Waals surface area contributed by atoms with Crippen molar-refractivity contribution in [1.82, 2.24) is 0 Å². The average Bonchev–Trinajstić information content (AvgIpc) is 2.22. The summed E-state index contributed by atoms with van der Waals surface area (Å²) < 4.78 is 6.72. The first-order valence-corrected chi connectivity index (χ1v) is 6.68. The minimum absolute atomic E-state index is 0.0265. The molecule has 0 saturated carbocycles. The molecule has 3 heteroatoms. The van der Waals surface area contributed by atoms with Gasteiger partial charge in [0.25, 0.3) is 0 Å². The summed E-state index contributed by atoms with van der Waals surface area (Å²) in [4.78, 5) is 0. The van der Waals surface area contributed by atoms with Crippen LogP contribution in [0.2, 0.25) is 0 Å². The Labute approximate surface area is 113 Å². The van der Waals surface area contributed by atoms with Crippen molar-refractivity contribution in [3.05, 3.63) is 27.2 Å². The number of ether oxygens (including phenoxy) is 1. The lowest BCUT2D eigenvalue weighted by Crippen LogP contribution is -2.24. The molecule has 1 rings (SSSR count). The van der Waals surface area contributed by atoms with Gasteiger partial charge < -0.3 is 10.5 Å². The molecule has 0 spiro atoms. The Kier molecular flexibility index (Phi) is 4.62. The predicted octanol–water partition coefficient (Wildman–Crippen LogP) is 3.70. The summed E-state index contributed by atoms with van der Waals surface area (Å²) in [7, 11) is 1.73. The molecule has 2 N–H and O–H groups in total. The first-order valence-electron chi connectivity index (χ1n) is 5.89. The smallest absolute Gasteiger partial charge is 0.125 e. The van der Waals surface area contributed by atoms with Crippen LogP contribution in [0.15, 0.2) is 10.5 Å². The average molecular weight is 300 g/mol. The molecule has 0 bridgehead atoms. The van der Waals surface area contributed by atoms with E-state index in [2.05, 4.69) is 49.7 Å². The number of methoxy groups -OCH3 is 1. The van der Waals surface area contributed by atoms with Crippen molar-refractivity contribution in [2.75, 3.05) is 13.7 Å². The molecule has 0 aliphatic carbocycles. The molecule has 17 heavy (non-hydrogen) atoms. The highest BCUT2D eigenvalue weighted by Gasteiger charge is 2.27. The Morgan fingerprint density at radius 3 is 2.41 bits per heavy atom. The molecule has 0 amide bonds. The van der Waals surface area contributed by atoms with Crippen LogP contribution in [0.3, 0.4) is 0 Å². The Hall–Kier alpha value is -0.540. The molecule has 0 aliphatic rings.